The Labute approximate surface area is 199 Å². The summed E-state index contributed by atoms with van der Waals surface area (Å²) in [5.41, 5.74) is 4.49. The van der Waals surface area contributed by atoms with E-state index in [-0.39, 0.29) is 12.1 Å². The van der Waals surface area contributed by atoms with Crippen LogP contribution in [-0.2, 0) is 12.7 Å². The molecule has 2 heterocycles. The second kappa shape index (κ2) is 9.57. The molecule has 4 rings (SSSR count). The van der Waals surface area contributed by atoms with Crippen LogP contribution in [0.5, 0.6) is 0 Å². The average Bonchev–Trinajstić information content (AvgIpc) is 3.20. The van der Waals surface area contributed by atoms with Crippen LogP contribution in [0.1, 0.15) is 43.9 Å². The van der Waals surface area contributed by atoms with E-state index < -0.39 is 11.7 Å². The molecule has 7 heteroatoms. The number of benzene rings is 2. The molecule has 1 saturated heterocycles. The SMILES string of the molecule is C=C(CC)c1ccc2c(c1)nc(N1CCN(/C(C)=C/C)CC1)n2Cc1ccccc1C(F)(F)F. The lowest BCUT2D eigenvalue weighted by Gasteiger charge is -2.37. The summed E-state index contributed by atoms with van der Waals surface area (Å²) < 4.78 is 43.1. The topological polar surface area (TPSA) is 24.3 Å². The van der Waals surface area contributed by atoms with Gasteiger partial charge < -0.3 is 14.4 Å². The Morgan fingerprint density at radius 3 is 2.44 bits per heavy atom. The first-order valence-electron chi connectivity index (χ1n) is 11.7. The second-order valence-corrected chi connectivity index (χ2v) is 8.72. The number of alkyl halides is 3. The van der Waals surface area contributed by atoms with Crippen LogP contribution in [0.4, 0.5) is 19.1 Å². The molecule has 3 aromatic rings. The van der Waals surface area contributed by atoms with Crippen molar-refractivity contribution in [3.8, 4) is 0 Å². The maximum absolute atomic E-state index is 13.7. The van der Waals surface area contributed by atoms with Crippen LogP contribution in [0.3, 0.4) is 0 Å². The molecular formula is C27H31F3N4. The minimum atomic E-state index is -4.41. The molecule has 4 nitrogen and oxygen atoms in total. The predicted octanol–water partition coefficient (Wildman–Crippen LogP) is 6.57. The average molecular weight is 469 g/mol. The van der Waals surface area contributed by atoms with E-state index in [1.54, 1.807) is 12.1 Å². The molecule has 0 N–H and O–H groups in total. The molecule has 0 bridgehead atoms. The fourth-order valence-electron chi connectivity index (χ4n) is 4.49. The van der Waals surface area contributed by atoms with E-state index in [9.17, 15) is 13.2 Å². The summed E-state index contributed by atoms with van der Waals surface area (Å²) in [6.07, 6.45) is -1.49. The molecule has 180 valence electrons. The van der Waals surface area contributed by atoms with Gasteiger partial charge in [-0.15, -0.1) is 0 Å². The maximum Gasteiger partial charge on any atom is 0.416 e. The van der Waals surface area contributed by atoms with Crippen molar-refractivity contribution in [3.63, 3.8) is 0 Å². The highest BCUT2D eigenvalue weighted by atomic mass is 19.4. The van der Waals surface area contributed by atoms with Crippen molar-refractivity contribution in [2.24, 2.45) is 0 Å². The van der Waals surface area contributed by atoms with E-state index in [1.165, 1.54) is 11.8 Å². The van der Waals surface area contributed by atoms with Crippen LogP contribution in [0.25, 0.3) is 16.6 Å². The Morgan fingerprint density at radius 2 is 1.79 bits per heavy atom. The van der Waals surface area contributed by atoms with E-state index in [1.807, 2.05) is 29.7 Å². The van der Waals surface area contributed by atoms with E-state index >= 15 is 0 Å². The minimum absolute atomic E-state index is 0.101. The van der Waals surface area contributed by atoms with Crippen molar-refractivity contribution in [1.29, 1.82) is 0 Å². The number of rotatable bonds is 6. The highest BCUT2D eigenvalue weighted by Gasteiger charge is 2.33. The Bertz CT molecular complexity index is 1210. The molecule has 0 unspecified atom stereocenters. The highest BCUT2D eigenvalue weighted by Crippen LogP contribution is 2.34. The highest BCUT2D eigenvalue weighted by molar-refractivity contribution is 5.83. The number of halogens is 3. The fraction of sp³-hybridized carbons (Fsp3) is 0.370. The Hall–Kier alpha value is -3.22. The van der Waals surface area contributed by atoms with Crippen molar-refractivity contribution in [2.75, 3.05) is 31.1 Å². The van der Waals surface area contributed by atoms with Crippen molar-refractivity contribution < 1.29 is 13.2 Å². The van der Waals surface area contributed by atoms with Crippen molar-refractivity contribution in [2.45, 2.75) is 39.9 Å². The van der Waals surface area contributed by atoms with Gasteiger partial charge in [-0.1, -0.05) is 43.8 Å². The van der Waals surface area contributed by atoms with E-state index in [2.05, 4.69) is 36.3 Å². The zero-order valence-electron chi connectivity index (χ0n) is 20.0. The molecule has 2 aromatic carbocycles. The quantitative estimate of drug-likeness (QED) is 0.409. The molecule has 1 aliphatic heterocycles. The van der Waals surface area contributed by atoms with Crippen LogP contribution < -0.4 is 4.90 Å². The van der Waals surface area contributed by atoms with Crippen LogP contribution in [0.2, 0.25) is 0 Å². The number of hydrogen-bond acceptors (Lipinski definition) is 3. The van der Waals surface area contributed by atoms with Crippen molar-refractivity contribution >= 4 is 22.6 Å². The molecule has 1 fully saturated rings. The number of fused-ring (bicyclic) bond motifs is 1. The molecule has 0 amide bonds. The number of nitrogens with zero attached hydrogens (tertiary/aromatic N) is 4. The standard InChI is InChI=1S/C27H31F3N4/c1-5-19(3)21-11-12-25-24(17-21)31-26(33-15-13-32(14-16-33)20(4)6-2)34(25)18-22-9-7-8-10-23(22)27(28,29)30/h6-12,17H,3,5,13-16,18H2,1-2,4H3/b20-6+. The predicted molar refractivity (Wildman–Crippen MR) is 133 cm³/mol. The van der Waals surface area contributed by atoms with Gasteiger partial charge in [-0.3, -0.25) is 0 Å². The second-order valence-electron chi connectivity index (χ2n) is 8.72. The Kier molecular flexibility index (Phi) is 6.73. The molecular weight excluding hydrogens is 437 g/mol. The van der Waals surface area contributed by atoms with E-state index in [4.69, 9.17) is 4.98 Å². The third kappa shape index (κ3) is 4.69. The molecule has 1 aliphatic rings. The first-order chi connectivity index (χ1) is 16.2. The summed E-state index contributed by atoms with van der Waals surface area (Å²) in [5, 5.41) is 0. The summed E-state index contributed by atoms with van der Waals surface area (Å²) in [6.45, 7) is 13.6. The molecule has 1 aromatic heterocycles. The molecule has 0 atom stereocenters. The minimum Gasteiger partial charge on any atom is -0.372 e. The van der Waals surface area contributed by atoms with Gasteiger partial charge in [-0.05, 0) is 55.2 Å². The molecule has 0 spiro atoms. The lowest BCUT2D eigenvalue weighted by molar-refractivity contribution is -0.138. The smallest absolute Gasteiger partial charge is 0.372 e. The van der Waals surface area contributed by atoms with Gasteiger partial charge >= 0.3 is 6.18 Å². The molecule has 0 saturated carbocycles. The van der Waals surface area contributed by atoms with Gasteiger partial charge in [0.1, 0.15) is 0 Å². The number of allylic oxidation sites excluding steroid dienone is 3. The van der Waals surface area contributed by atoms with Crippen LogP contribution >= 0.6 is 0 Å². The van der Waals surface area contributed by atoms with Gasteiger partial charge in [0.25, 0.3) is 0 Å². The lowest BCUT2D eigenvalue weighted by atomic mass is 10.0. The summed E-state index contributed by atoms with van der Waals surface area (Å²) in [5.74, 6) is 0.712. The summed E-state index contributed by atoms with van der Waals surface area (Å²) in [6, 6.07) is 11.7. The number of anilines is 1. The van der Waals surface area contributed by atoms with Crippen molar-refractivity contribution in [1.82, 2.24) is 14.5 Å². The fourth-order valence-corrected chi connectivity index (χ4v) is 4.49. The van der Waals surface area contributed by atoms with Gasteiger partial charge in [-0.2, -0.15) is 13.2 Å². The number of imidazole rings is 1. The zero-order valence-corrected chi connectivity index (χ0v) is 20.0. The van der Waals surface area contributed by atoms with Crippen molar-refractivity contribution in [3.05, 3.63) is 77.5 Å². The first kappa shape index (κ1) is 23.9. The Morgan fingerprint density at radius 1 is 1.09 bits per heavy atom. The van der Waals surface area contributed by atoms with E-state index in [0.29, 0.717) is 5.95 Å². The van der Waals surface area contributed by atoms with Gasteiger partial charge in [0.2, 0.25) is 5.95 Å². The van der Waals surface area contributed by atoms with E-state index in [0.717, 1.165) is 60.8 Å². The van der Waals surface area contributed by atoms with Gasteiger partial charge in [0, 0.05) is 31.9 Å². The zero-order chi connectivity index (χ0) is 24.5. The third-order valence-corrected chi connectivity index (χ3v) is 6.69. The monoisotopic (exact) mass is 468 g/mol. The lowest BCUT2D eigenvalue weighted by Crippen LogP contribution is -2.46. The number of hydrogen-bond donors (Lipinski definition) is 0. The normalized spacial score (nSPS) is 15.3. The first-order valence-corrected chi connectivity index (χ1v) is 11.7. The number of aromatic nitrogens is 2. The summed E-state index contributed by atoms with van der Waals surface area (Å²) >= 11 is 0. The van der Waals surface area contributed by atoms with Gasteiger partial charge in [0.15, 0.2) is 0 Å². The van der Waals surface area contributed by atoms with Gasteiger partial charge in [0.05, 0.1) is 23.1 Å². The molecule has 0 radical (unpaired) electrons. The summed E-state index contributed by atoms with van der Waals surface area (Å²) in [4.78, 5) is 9.43. The summed E-state index contributed by atoms with van der Waals surface area (Å²) in [7, 11) is 0. The van der Waals surface area contributed by atoms with Crippen LogP contribution in [0, 0.1) is 0 Å². The molecule has 0 aliphatic carbocycles. The van der Waals surface area contributed by atoms with Gasteiger partial charge in [-0.25, -0.2) is 4.98 Å². The molecule has 34 heavy (non-hydrogen) atoms. The largest absolute Gasteiger partial charge is 0.416 e. The Balaban J connectivity index is 1.77. The maximum atomic E-state index is 13.7. The van der Waals surface area contributed by atoms with Crippen LogP contribution in [-0.4, -0.2) is 40.6 Å². The third-order valence-electron chi connectivity index (χ3n) is 6.69. The number of piperazine rings is 1. The van der Waals surface area contributed by atoms with Crippen LogP contribution in [0.15, 0.2) is 60.8 Å².